The fourth-order valence-electron chi connectivity index (χ4n) is 1.46. The van der Waals surface area contributed by atoms with E-state index in [1.165, 1.54) is 25.5 Å². The van der Waals surface area contributed by atoms with Crippen LogP contribution in [0.1, 0.15) is 29.6 Å². The summed E-state index contributed by atoms with van der Waals surface area (Å²) >= 11 is 0. The zero-order chi connectivity index (χ0) is 10.7. The molecule has 4 nitrogen and oxygen atoms in total. The molecule has 1 fully saturated rings. The number of hydrogen-bond acceptors (Lipinski definition) is 3. The highest BCUT2D eigenvalue weighted by molar-refractivity contribution is 5.92. The number of nitrogens with two attached hydrogens (primary N) is 1. The van der Waals surface area contributed by atoms with Gasteiger partial charge in [-0.1, -0.05) is 12.8 Å². The number of nitrogens with zero attached hydrogens (tertiary/aromatic N) is 1. The van der Waals surface area contributed by atoms with Gasteiger partial charge in [0.15, 0.2) is 0 Å². The van der Waals surface area contributed by atoms with E-state index in [-0.39, 0.29) is 0 Å². The van der Waals surface area contributed by atoms with E-state index in [0.717, 1.165) is 18.3 Å². The summed E-state index contributed by atoms with van der Waals surface area (Å²) in [7, 11) is 0. The van der Waals surface area contributed by atoms with Crippen LogP contribution in [0.25, 0.3) is 0 Å². The Labute approximate surface area is 88.9 Å². The molecule has 1 aromatic rings. The van der Waals surface area contributed by atoms with Crippen molar-refractivity contribution < 1.29 is 4.79 Å². The molecule has 4 heteroatoms. The Morgan fingerprint density at radius 3 is 2.87 bits per heavy atom. The zero-order valence-corrected chi connectivity index (χ0v) is 8.57. The van der Waals surface area contributed by atoms with Crippen molar-refractivity contribution in [2.75, 3.05) is 11.9 Å². The fraction of sp³-hybridized carbons (Fsp3) is 0.455. The molecule has 1 aliphatic rings. The Hall–Kier alpha value is -1.58. The van der Waals surface area contributed by atoms with E-state index in [1.807, 2.05) is 0 Å². The molecule has 15 heavy (non-hydrogen) atoms. The summed E-state index contributed by atoms with van der Waals surface area (Å²) in [6.45, 7) is 0.952. The molecule has 1 aromatic heterocycles. The van der Waals surface area contributed by atoms with Crippen LogP contribution < -0.4 is 11.1 Å². The first-order valence-corrected chi connectivity index (χ1v) is 5.25. The van der Waals surface area contributed by atoms with Gasteiger partial charge < -0.3 is 11.1 Å². The number of anilines is 1. The summed E-state index contributed by atoms with van der Waals surface area (Å²) in [5.74, 6) is 1.29. The first-order chi connectivity index (χ1) is 7.25. The summed E-state index contributed by atoms with van der Waals surface area (Å²) in [6.07, 6.45) is 5.45. The Morgan fingerprint density at radius 2 is 2.33 bits per heavy atom. The maximum Gasteiger partial charge on any atom is 0.250 e. The molecule has 80 valence electrons. The molecule has 2 rings (SSSR count). The van der Waals surface area contributed by atoms with Crippen LogP contribution in [0.15, 0.2) is 18.3 Å². The van der Waals surface area contributed by atoms with Crippen LogP contribution in [0.4, 0.5) is 5.82 Å². The number of carbonyl (C=O) groups is 1. The van der Waals surface area contributed by atoms with Crippen LogP contribution in [0.2, 0.25) is 0 Å². The molecular weight excluding hydrogens is 190 g/mol. The zero-order valence-electron chi connectivity index (χ0n) is 8.57. The third-order valence-corrected chi connectivity index (χ3v) is 2.60. The lowest BCUT2D eigenvalue weighted by atomic mass is 10.2. The van der Waals surface area contributed by atoms with Gasteiger partial charge in [0, 0.05) is 12.7 Å². The van der Waals surface area contributed by atoms with E-state index in [1.54, 1.807) is 12.1 Å². The smallest absolute Gasteiger partial charge is 0.250 e. The van der Waals surface area contributed by atoms with E-state index in [9.17, 15) is 4.79 Å². The van der Waals surface area contributed by atoms with E-state index >= 15 is 0 Å². The second kappa shape index (κ2) is 4.29. The molecule has 1 saturated carbocycles. The molecule has 3 N–H and O–H groups in total. The first kappa shape index (κ1) is 9.96. The van der Waals surface area contributed by atoms with E-state index < -0.39 is 5.91 Å². The molecule has 0 aliphatic heterocycles. The lowest BCUT2D eigenvalue weighted by Gasteiger charge is -2.04. The maximum absolute atomic E-state index is 10.8. The molecule has 0 radical (unpaired) electrons. The molecular formula is C11H15N3O. The van der Waals surface area contributed by atoms with Crippen LogP contribution in [0.3, 0.4) is 0 Å². The fourth-order valence-corrected chi connectivity index (χ4v) is 1.46. The summed E-state index contributed by atoms with van der Waals surface area (Å²) in [5.41, 5.74) is 5.56. The van der Waals surface area contributed by atoms with E-state index in [4.69, 9.17) is 5.73 Å². The highest BCUT2D eigenvalue weighted by Gasteiger charge is 2.20. The summed E-state index contributed by atoms with van der Waals surface area (Å²) < 4.78 is 0. The number of nitrogens with one attached hydrogen (secondary N) is 1. The lowest BCUT2D eigenvalue weighted by Crippen LogP contribution is -2.11. The van der Waals surface area contributed by atoms with E-state index in [0.29, 0.717) is 5.56 Å². The average molecular weight is 205 g/mol. The molecule has 0 spiro atoms. The second-order valence-corrected chi connectivity index (χ2v) is 3.96. The predicted octanol–water partition coefficient (Wildman–Crippen LogP) is 1.39. The van der Waals surface area contributed by atoms with Gasteiger partial charge in [0.25, 0.3) is 0 Å². The van der Waals surface area contributed by atoms with Crippen molar-refractivity contribution in [3.05, 3.63) is 23.9 Å². The van der Waals surface area contributed by atoms with Crippen LogP contribution in [0.5, 0.6) is 0 Å². The molecule has 1 heterocycles. The van der Waals surface area contributed by atoms with Gasteiger partial charge in [0.2, 0.25) is 5.91 Å². The number of pyridine rings is 1. The number of rotatable bonds is 5. The van der Waals surface area contributed by atoms with E-state index in [2.05, 4.69) is 10.3 Å². The number of amides is 1. The first-order valence-electron chi connectivity index (χ1n) is 5.25. The van der Waals surface area contributed by atoms with Gasteiger partial charge in [-0.15, -0.1) is 0 Å². The molecule has 1 amide bonds. The monoisotopic (exact) mass is 205 g/mol. The molecule has 0 atom stereocenters. The van der Waals surface area contributed by atoms with Crippen molar-refractivity contribution >= 4 is 11.7 Å². The van der Waals surface area contributed by atoms with Crippen LogP contribution in [0, 0.1) is 5.92 Å². The summed E-state index contributed by atoms with van der Waals surface area (Å²) in [5, 5.41) is 3.22. The maximum atomic E-state index is 10.8. The Balaban J connectivity index is 1.83. The van der Waals surface area contributed by atoms with Crippen molar-refractivity contribution in [3.63, 3.8) is 0 Å². The highest BCUT2D eigenvalue weighted by Crippen LogP contribution is 2.31. The van der Waals surface area contributed by atoms with Gasteiger partial charge in [-0.05, 0) is 24.5 Å². The van der Waals surface area contributed by atoms with Gasteiger partial charge in [0.05, 0.1) is 5.56 Å². The molecule has 1 aliphatic carbocycles. The normalized spacial score (nSPS) is 14.9. The van der Waals surface area contributed by atoms with Gasteiger partial charge in [-0.2, -0.15) is 0 Å². The van der Waals surface area contributed by atoms with Gasteiger partial charge in [0.1, 0.15) is 5.82 Å². The standard InChI is InChI=1S/C11H15N3O/c12-11(15)9-3-4-10(14-7-9)13-6-5-8-1-2-8/h3-4,7-8H,1-2,5-6H2,(H2,12,15)(H,13,14). The molecule has 0 bridgehead atoms. The predicted molar refractivity (Wildman–Crippen MR) is 58.6 cm³/mol. The van der Waals surface area contributed by atoms with Gasteiger partial charge >= 0.3 is 0 Å². The van der Waals surface area contributed by atoms with Crippen LogP contribution in [-0.2, 0) is 0 Å². The van der Waals surface area contributed by atoms with Gasteiger partial charge in [-0.25, -0.2) is 4.98 Å². The third kappa shape index (κ3) is 2.94. The van der Waals surface area contributed by atoms with Crippen molar-refractivity contribution in [1.82, 2.24) is 4.98 Å². The number of primary amides is 1. The summed E-state index contributed by atoms with van der Waals surface area (Å²) in [6, 6.07) is 3.47. The summed E-state index contributed by atoms with van der Waals surface area (Å²) in [4.78, 5) is 14.9. The van der Waals surface area contributed by atoms with Crippen molar-refractivity contribution in [2.45, 2.75) is 19.3 Å². The average Bonchev–Trinajstić information content (AvgIpc) is 3.02. The van der Waals surface area contributed by atoms with Crippen molar-refractivity contribution in [3.8, 4) is 0 Å². The molecule has 0 aromatic carbocycles. The molecule has 0 saturated heterocycles. The van der Waals surface area contributed by atoms with Crippen LogP contribution in [-0.4, -0.2) is 17.4 Å². The Bertz CT molecular complexity index is 343. The Kier molecular flexibility index (Phi) is 2.85. The minimum Gasteiger partial charge on any atom is -0.370 e. The quantitative estimate of drug-likeness (QED) is 0.763. The Morgan fingerprint density at radius 1 is 1.53 bits per heavy atom. The number of carbonyl (C=O) groups excluding carboxylic acids is 1. The largest absolute Gasteiger partial charge is 0.370 e. The third-order valence-electron chi connectivity index (χ3n) is 2.60. The number of aromatic nitrogens is 1. The van der Waals surface area contributed by atoms with Crippen LogP contribution >= 0.6 is 0 Å². The number of hydrogen-bond donors (Lipinski definition) is 2. The van der Waals surface area contributed by atoms with Crippen molar-refractivity contribution in [1.29, 1.82) is 0 Å². The highest BCUT2D eigenvalue weighted by atomic mass is 16.1. The van der Waals surface area contributed by atoms with Crippen molar-refractivity contribution in [2.24, 2.45) is 11.7 Å². The van der Waals surface area contributed by atoms with Gasteiger partial charge in [-0.3, -0.25) is 4.79 Å². The SMILES string of the molecule is NC(=O)c1ccc(NCCC2CC2)nc1. The lowest BCUT2D eigenvalue weighted by molar-refractivity contribution is 0.1000. The second-order valence-electron chi connectivity index (χ2n) is 3.96. The minimum absolute atomic E-state index is 0.438. The minimum atomic E-state index is -0.438. The molecule has 0 unspecified atom stereocenters. The topological polar surface area (TPSA) is 68.0 Å².